The number of nitrogens with two attached hydrogens (primary N) is 1. The van der Waals surface area contributed by atoms with E-state index in [0.29, 0.717) is 0 Å². The summed E-state index contributed by atoms with van der Waals surface area (Å²) in [5, 5.41) is 0. The molecule has 1 aliphatic carbocycles. The van der Waals surface area contributed by atoms with Crippen molar-refractivity contribution < 1.29 is 4.42 Å². The zero-order valence-electron chi connectivity index (χ0n) is 10.4. The Labute approximate surface area is 107 Å². The number of aryl methyl sites for hydroxylation is 2. The molecule has 2 aromatic rings. The van der Waals surface area contributed by atoms with E-state index in [-0.39, 0.29) is 6.04 Å². The van der Waals surface area contributed by atoms with Gasteiger partial charge < -0.3 is 4.42 Å². The van der Waals surface area contributed by atoms with Crippen molar-refractivity contribution in [2.45, 2.75) is 31.7 Å². The van der Waals surface area contributed by atoms with Crippen molar-refractivity contribution in [1.29, 1.82) is 0 Å². The molecule has 0 spiro atoms. The fourth-order valence-corrected chi connectivity index (χ4v) is 2.73. The maximum Gasteiger partial charge on any atom is 0.0950 e. The van der Waals surface area contributed by atoms with E-state index in [2.05, 4.69) is 23.6 Å². The number of rotatable bonds is 4. The minimum Gasteiger partial charge on any atom is -0.472 e. The molecule has 0 saturated carbocycles. The summed E-state index contributed by atoms with van der Waals surface area (Å²) in [5.74, 6) is 5.63. The Morgan fingerprint density at radius 1 is 1.22 bits per heavy atom. The maximum atomic E-state index is 5.63. The van der Waals surface area contributed by atoms with E-state index >= 15 is 0 Å². The van der Waals surface area contributed by atoms with Crippen molar-refractivity contribution in [2.24, 2.45) is 5.84 Å². The zero-order valence-corrected chi connectivity index (χ0v) is 10.4. The topological polar surface area (TPSA) is 51.2 Å². The second-order valence-electron chi connectivity index (χ2n) is 4.94. The molecule has 1 aromatic carbocycles. The molecule has 0 radical (unpaired) electrons. The standard InChI is InChI=1S/C15H18N2O/c16-17-15(14-6-7-18-10-14)9-11-4-5-12-2-1-3-13(12)8-11/h4-8,10,15,17H,1-3,9,16H2. The molecule has 0 aliphatic heterocycles. The van der Waals surface area contributed by atoms with Crippen molar-refractivity contribution in [3.05, 3.63) is 59.0 Å². The summed E-state index contributed by atoms with van der Waals surface area (Å²) in [6, 6.07) is 8.88. The van der Waals surface area contributed by atoms with Crippen LogP contribution in [-0.2, 0) is 19.3 Å². The smallest absolute Gasteiger partial charge is 0.0950 e. The van der Waals surface area contributed by atoms with E-state index < -0.39 is 0 Å². The normalized spacial score (nSPS) is 15.6. The molecule has 1 atom stereocenters. The number of hydrogen-bond acceptors (Lipinski definition) is 3. The van der Waals surface area contributed by atoms with Gasteiger partial charge in [0.05, 0.1) is 18.6 Å². The first-order valence-electron chi connectivity index (χ1n) is 6.46. The number of nitrogens with one attached hydrogen (secondary N) is 1. The number of benzene rings is 1. The number of fused-ring (bicyclic) bond motifs is 1. The van der Waals surface area contributed by atoms with Gasteiger partial charge in [0.2, 0.25) is 0 Å². The molecule has 1 aromatic heterocycles. The molecule has 1 aliphatic rings. The fourth-order valence-electron chi connectivity index (χ4n) is 2.73. The Morgan fingerprint density at radius 2 is 2.11 bits per heavy atom. The van der Waals surface area contributed by atoms with Crippen LogP contribution in [0.15, 0.2) is 41.2 Å². The van der Waals surface area contributed by atoms with E-state index in [1.54, 1.807) is 12.5 Å². The van der Waals surface area contributed by atoms with Gasteiger partial charge in [-0.05, 0) is 48.4 Å². The van der Waals surface area contributed by atoms with Gasteiger partial charge in [0.1, 0.15) is 0 Å². The van der Waals surface area contributed by atoms with Crippen molar-refractivity contribution >= 4 is 0 Å². The molecule has 1 heterocycles. The van der Waals surface area contributed by atoms with E-state index in [9.17, 15) is 0 Å². The zero-order chi connectivity index (χ0) is 12.4. The van der Waals surface area contributed by atoms with Crippen LogP contribution in [0, 0.1) is 0 Å². The van der Waals surface area contributed by atoms with Crippen LogP contribution in [-0.4, -0.2) is 0 Å². The lowest BCUT2D eigenvalue weighted by atomic mass is 9.98. The van der Waals surface area contributed by atoms with Crippen LogP contribution < -0.4 is 11.3 Å². The van der Waals surface area contributed by atoms with Gasteiger partial charge in [-0.25, -0.2) is 0 Å². The summed E-state index contributed by atoms with van der Waals surface area (Å²) < 4.78 is 5.11. The molecule has 1 unspecified atom stereocenters. The van der Waals surface area contributed by atoms with Gasteiger partial charge in [-0.1, -0.05) is 18.2 Å². The van der Waals surface area contributed by atoms with Gasteiger partial charge in [-0.3, -0.25) is 11.3 Å². The van der Waals surface area contributed by atoms with Crippen molar-refractivity contribution in [3.8, 4) is 0 Å². The lowest BCUT2D eigenvalue weighted by Crippen LogP contribution is -2.29. The van der Waals surface area contributed by atoms with Gasteiger partial charge in [-0.2, -0.15) is 0 Å². The van der Waals surface area contributed by atoms with E-state index in [1.165, 1.54) is 36.0 Å². The number of furan rings is 1. The Morgan fingerprint density at radius 3 is 2.89 bits per heavy atom. The number of hydrazine groups is 1. The second kappa shape index (κ2) is 4.96. The minimum absolute atomic E-state index is 0.114. The highest BCUT2D eigenvalue weighted by Gasteiger charge is 2.15. The average molecular weight is 242 g/mol. The molecule has 0 fully saturated rings. The molecule has 0 amide bonds. The lowest BCUT2D eigenvalue weighted by molar-refractivity contribution is 0.525. The average Bonchev–Trinajstić information content (AvgIpc) is 3.06. The predicted molar refractivity (Wildman–Crippen MR) is 70.9 cm³/mol. The third kappa shape index (κ3) is 2.19. The first-order chi connectivity index (χ1) is 8.86. The second-order valence-corrected chi connectivity index (χ2v) is 4.94. The monoisotopic (exact) mass is 242 g/mol. The molecule has 3 rings (SSSR count). The van der Waals surface area contributed by atoms with Crippen LogP contribution in [0.3, 0.4) is 0 Å². The predicted octanol–water partition coefficient (Wildman–Crippen LogP) is 2.52. The van der Waals surface area contributed by atoms with Crippen LogP contribution in [0.25, 0.3) is 0 Å². The highest BCUT2D eigenvalue weighted by atomic mass is 16.3. The van der Waals surface area contributed by atoms with Crippen LogP contribution in [0.1, 0.15) is 34.7 Å². The van der Waals surface area contributed by atoms with E-state index in [1.807, 2.05) is 6.07 Å². The summed E-state index contributed by atoms with van der Waals surface area (Å²) in [5.41, 5.74) is 8.31. The molecular weight excluding hydrogens is 224 g/mol. The highest BCUT2D eigenvalue weighted by molar-refractivity contribution is 5.36. The van der Waals surface area contributed by atoms with Crippen LogP contribution in [0.5, 0.6) is 0 Å². The SMILES string of the molecule is NNC(Cc1ccc2c(c1)CCC2)c1ccoc1. The quantitative estimate of drug-likeness (QED) is 0.640. The van der Waals surface area contributed by atoms with Gasteiger partial charge in [0.25, 0.3) is 0 Å². The van der Waals surface area contributed by atoms with Crippen LogP contribution in [0.2, 0.25) is 0 Å². The highest BCUT2D eigenvalue weighted by Crippen LogP contribution is 2.25. The van der Waals surface area contributed by atoms with Crippen LogP contribution >= 0.6 is 0 Å². The molecule has 0 bridgehead atoms. The summed E-state index contributed by atoms with van der Waals surface area (Å²) in [7, 11) is 0. The van der Waals surface area contributed by atoms with Gasteiger partial charge in [0, 0.05) is 5.56 Å². The molecule has 3 heteroatoms. The van der Waals surface area contributed by atoms with E-state index in [0.717, 1.165) is 12.0 Å². The van der Waals surface area contributed by atoms with E-state index in [4.69, 9.17) is 10.3 Å². The van der Waals surface area contributed by atoms with Crippen molar-refractivity contribution in [2.75, 3.05) is 0 Å². The fraction of sp³-hybridized carbons (Fsp3) is 0.333. The molecular formula is C15H18N2O. The van der Waals surface area contributed by atoms with Gasteiger partial charge >= 0.3 is 0 Å². The number of hydrogen-bond donors (Lipinski definition) is 2. The first-order valence-corrected chi connectivity index (χ1v) is 6.46. The summed E-state index contributed by atoms with van der Waals surface area (Å²) in [6.45, 7) is 0. The Bertz CT molecular complexity index is 519. The summed E-state index contributed by atoms with van der Waals surface area (Å²) in [4.78, 5) is 0. The molecule has 3 N–H and O–H groups in total. The van der Waals surface area contributed by atoms with Gasteiger partial charge in [-0.15, -0.1) is 0 Å². The van der Waals surface area contributed by atoms with Crippen molar-refractivity contribution in [1.82, 2.24) is 5.43 Å². The third-order valence-corrected chi connectivity index (χ3v) is 3.75. The third-order valence-electron chi connectivity index (χ3n) is 3.75. The van der Waals surface area contributed by atoms with Crippen LogP contribution in [0.4, 0.5) is 0 Å². The minimum atomic E-state index is 0.114. The molecule has 18 heavy (non-hydrogen) atoms. The molecule has 0 saturated heterocycles. The first kappa shape index (κ1) is 11.5. The summed E-state index contributed by atoms with van der Waals surface area (Å²) in [6.07, 6.45) is 8.06. The Kier molecular flexibility index (Phi) is 3.17. The Balaban J connectivity index is 1.79. The molecule has 94 valence electrons. The van der Waals surface area contributed by atoms with Gasteiger partial charge in [0.15, 0.2) is 0 Å². The Hall–Kier alpha value is -1.58. The lowest BCUT2D eigenvalue weighted by Gasteiger charge is -2.14. The maximum absolute atomic E-state index is 5.63. The largest absolute Gasteiger partial charge is 0.472 e. The molecule has 3 nitrogen and oxygen atoms in total. The van der Waals surface area contributed by atoms with Crippen molar-refractivity contribution in [3.63, 3.8) is 0 Å². The summed E-state index contributed by atoms with van der Waals surface area (Å²) >= 11 is 0.